The third-order valence-electron chi connectivity index (χ3n) is 2.16. The fraction of sp³-hybridized carbons (Fsp3) is 0.667. The van der Waals surface area contributed by atoms with E-state index < -0.39 is 10.0 Å². The average Bonchev–Trinajstić information content (AvgIpc) is 2.60. The summed E-state index contributed by atoms with van der Waals surface area (Å²) in [5.74, 6) is 0. The van der Waals surface area contributed by atoms with Gasteiger partial charge in [-0.1, -0.05) is 11.6 Å². The van der Waals surface area contributed by atoms with Crippen LogP contribution in [0.3, 0.4) is 0 Å². The summed E-state index contributed by atoms with van der Waals surface area (Å²) in [5, 5.41) is -0.0252. The molecule has 0 amide bonds. The van der Waals surface area contributed by atoms with Crippen LogP contribution in [0.4, 0.5) is 0 Å². The van der Waals surface area contributed by atoms with E-state index >= 15 is 0 Å². The molecule has 0 aromatic carbocycles. The Labute approximate surface area is 106 Å². The predicted octanol–water partition coefficient (Wildman–Crippen LogP) is 0.778. The molecule has 1 N–H and O–H groups in total. The summed E-state index contributed by atoms with van der Waals surface area (Å²) in [5.41, 5.74) is 0. The molecule has 1 aromatic rings. The monoisotopic (exact) mass is 281 g/mol. The van der Waals surface area contributed by atoms with Gasteiger partial charge in [0.25, 0.3) is 10.0 Å². The summed E-state index contributed by atoms with van der Waals surface area (Å²) in [6, 6.07) is 0. The molecule has 0 aliphatic heterocycles. The quantitative estimate of drug-likeness (QED) is 0.750. The molecule has 0 aliphatic carbocycles. The number of hydrogen-bond acceptors (Lipinski definition) is 4. The third-order valence-corrected chi connectivity index (χ3v) is 4.11. The molecule has 0 saturated carbocycles. The zero-order valence-electron chi connectivity index (χ0n) is 9.81. The number of sulfonamides is 1. The minimum absolute atomic E-state index is 0.106. The van der Waals surface area contributed by atoms with Gasteiger partial charge in [-0.05, 0) is 12.8 Å². The molecule has 1 heterocycles. The molecular formula is C9H16ClN3O3S. The number of imidazole rings is 1. The fourth-order valence-electron chi connectivity index (χ4n) is 1.22. The lowest BCUT2D eigenvalue weighted by Crippen LogP contribution is -2.25. The number of hydrogen-bond donors (Lipinski definition) is 1. The zero-order valence-corrected chi connectivity index (χ0v) is 11.4. The normalized spacial score (nSPS) is 11.9. The highest BCUT2D eigenvalue weighted by atomic mass is 35.5. The number of rotatable bonds is 7. The Hall–Kier alpha value is -0.630. The summed E-state index contributed by atoms with van der Waals surface area (Å²) >= 11 is 5.82. The van der Waals surface area contributed by atoms with Gasteiger partial charge in [0.15, 0.2) is 0 Å². The molecule has 1 rings (SSSR count). The van der Waals surface area contributed by atoms with Crippen LogP contribution in [0.5, 0.6) is 0 Å². The number of aromatic nitrogens is 2. The van der Waals surface area contributed by atoms with Gasteiger partial charge in [0.1, 0.15) is 5.15 Å². The highest BCUT2D eigenvalue weighted by Gasteiger charge is 2.21. The topological polar surface area (TPSA) is 73.2 Å². The first kappa shape index (κ1) is 14.4. The van der Waals surface area contributed by atoms with Crippen LogP contribution < -0.4 is 4.72 Å². The van der Waals surface area contributed by atoms with Crippen LogP contribution >= 0.6 is 11.6 Å². The van der Waals surface area contributed by atoms with Crippen molar-refractivity contribution in [2.24, 2.45) is 7.05 Å². The fourth-order valence-corrected chi connectivity index (χ4v) is 2.72. The van der Waals surface area contributed by atoms with Crippen molar-refractivity contribution in [1.82, 2.24) is 14.3 Å². The number of ether oxygens (including phenoxy) is 1. The molecule has 0 unspecified atom stereocenters. The largest absolute Gasteiger partial charge is 0.385 e. The van der Waals surface area contributed by atoms with Gasteiger partial charge in [0.2, 0.25) is 5.03 Å². The Morgan fingerprint density at radius 3 is 2.76 bits per heavy atom. The van der Waals surface area contributed by atoms with Gasteiger partial charge in [-0.15, -0.1) is 0 Å². The standard InChI is InChI=1S/C9H16ClN3O3S/c1-13-7-11-9(8(13)10)17(14,15)12-5-3-4-6-16-2/h7,12H,3-6H2,1-2H3. The SMILES string of the molecule is COCCCCNS(=O)(=O)c1ncn(C)c1Cl. The van der Waals surface area contributed by atoms with Crippen LogP contribution in [-0.4, -0.2) is 38.2 Å². The summed E-state index contributed by atoms with van der Waals surface area (Å²) in [6.07, 6.45) is 2.87. The van der Waals surface area contributed by atoms with Gasteiger partial charge < -0.3 is 9.30 Å². The van der Waals surface area contributed by atoms with E-state index in [1.165, 1.54) is 10.9 Å². The van der Waals surface area contributed by atoms with Crippen molar-refractivity contribution in [3.63, 3.8) is 0 Å². The van der Waals surface area contributed by atoms with Crippen LogP contribution in [0.25, 0.3) is 0 Å². The minimum Gasteiger partial charge on any atom is -0.385 e. The third kappa shape index (κ3) is 3.95. The Bertz CT molecular complexity index is 458. The predicted molar refractivity (Wildman–Crippen MR) is 64.5 cm³/mol. The first-order chi connectivity index (χ1) is 7.99. The molecule has 0 spiro atoms. The highest BCUT2D eigenvalue weighted by molar-refractivity contribution is 7.89. The lowest BCUT2D eigenvalue weighted by atomic mass is 10.3. The lowest BCUT2D eigenvalue weighted by Gasteiger charge is -2.04. The first-order valence-electron chi connectivity index (χ1n) is 5.14. The molecule has 98 valence electrons. The van der Waals surface area contributed by atoms with E-state index in [9.17, 15) is 8.42 Å². The van der Waals surface area contributed by atoms with Gasteiger partial charge in [-0.3, -0.25) is 0 Å². The van der Waals surface area contributed by atoms with Gasteiger partial charge in [0, 0.05) is 27.3 Å². The van der Waals surface area contributed by atoms with E-state index in [2.05, 4.69) is 9.71 Å². The van der Waals surface area contributed by atoms with Crippen molar-refractivity contribution in [2.45, 2.75) is 17.9 Å². The van der Waals surface area contributed by atoms with E-state index in [1.807, 2.05) is 0 Å². The average molecular weight is 282 g/mol. The molecule has 0 radical (unpaired) electrons. The second kappa shape index (κ2) is 6.34. The van der Waals surface area contributed by atoms with E-state index in [1.54, 1.807) is 14.2 Å². The summed E-state index contributed by atoms with van der Waals surface area (Å²) < 4.78 is 32.4. The molecule has 0 saturated heterocycles. The molecule has 0 fully saturated rings. The van der Waals surface area contributed by atoms with Gasteiger partial charge in [0.05, 0.1) is 6.33 Å². The van der Waals surface area contributed by atoms with Crippen molar-refractivity contribution in [2.75, 3.05) is 20.3 Å². The number of methoxy groups -OCH3 is 1. The smallest absolute Gasteiger partial charge is 0.261 e. The number of halogens is 1. The maximum atomic E-state index is 11.8. The maximum absolute atomic E-state index is 11.8. The number of nitrogens with zero attached hydrogens (tertiary/aromatic N) is 2. The summed E-state index contributed by atoms with van der Waals surface area (Å²) in [6.45, 7) is 0.963. The Balaban J connectivity index is 2.55. The van der Waals surface area contributed by atoms with E-state index in [4.69, 9.17) is 16.3 Å². The zero-order chi connectivity index (χ0) is 12.9. The minimum atomic E-state index is -3.61. The lowest BCUT2D eigenvalue weighted by molar-refractivity contribution is 0.193. The van der Waals surface area contributed by atoms with Crippen LogP contribution in [0.2, 0.25) is 5.15 Å². The van der Waals surface area contributed by atoms with Crippen LogP contribution in [-0.2, 0) is 21.8 Å². The molecule has 8 heteroatoms. The Morgan fingerprint density at radius 2 is 2.24 bits per heavy atom. The second-order valence-corrected chi connectivity index (χ2v) is 5.59. The van der Waals surface area contributed by atoms with Crippen molar-refractivity contribution in [3.8, 4) is 0 Å². The molecule has 1 aromatic heterocycles. The molecular weight excluding hydrogens is 266 g/mol. The molecule has 0 bridgehead atoms. The number of unbranched alkanes of at least 4 members (excludes halogenated alkanes) is 1. The Kier molecular flexibility index (Phi) is 5.38. The van der Waals surface area contributed by atoms with Crippen molar-refractivity contribution in [1.29, 1.82) is 0 Å². The van der Waals surface area contributed by atoms with Crippen molar-refractivity contribution < 1.29 is 13.2 Å². The Morgan fingerprint density at radius 1 is 1.53 bits per heavy atom. The van der Waals surface area contributed by atoms with Crippen LogP contribution in [0.1, 0.15) is 12.8 Å². The van der Waals surface area contributed by atoms with E-state index in [0.29, 0.717) is 19.6 Å². The van der Waals surface area contributed by atoms with Gasteiger partial charge in [-0.2, -0.15) is 0 Å². The van der Waals surface area contributed by atoms with Crippen LogP contribution in [0.15, 0.2) is 11.4 Å². The van der Waals surface area contributed by atoms with E-state index in [0.717, 1.165) is 6.42 Å². The summed E-state index contributed by atoms with van der Waals surface area (Å²) in [4.78, 5) is 3.76. The summed E-state index contributed by atoms with van der Waals surface area (Å²) in [7, 11) is -0.371. The number of nitrogens with one attached hydrogen (secondary N) is 1. The van der Waals surface area contributed by atoms with Gasteiger partial charge in [-0.25, -0.2) is 18.1 Å². The second-order valence-electron chi connectivity index (χ2n) is 3.55. The van der Waals surface area contributed by atoms with Crippen LogP contribution in [0, 0.1) is 0 Å². The molecule has 0 aliphatic rings. The maximum Gasteiger partial charge on any atom is 0.261 e. The van der Waals surface area contributed by atoms with Crippen molar-refractivity contribution >= 4 is 21.6 Å². The molecule has 0 atom stereocenters. The van der Waals surface area contributed by atoms with Crippen molar-refractivity contribution in [3.05, 3.63) is 11.5 Å². The van der Waals surface area contributed by atoms with Gasteiger partial charge >= 0.3 is 0 Å². The first-order valence-corrected chi connectivity index (χ1v) is 7.00. The molecule has 6 nitrogen and oxygen atoms in total. The molecule has 17 heavy (non-hydrogen) atoms. The van der Waals surface area contributed by atoms with E-state index in [-0.39, 0.29) is 10.2 Å². The highest BCUT2D eigenvalue weighted by Crippen LogP contribution is 2.17. The number of aryl methyl sites for hydroxylation is 1.